The second-order valence-corrected chi connectivity index (χ2v) is 6.50. The van der Waals surface area contributed by atoms with E-state index in [4.69, 9.17) is 17.3 Å². The zero-order valence-corrected chi connectivity index (χ0v) is 13.0. The number of hydrogen-bond donors (Lipinski definition) is 1. The molecule has 1 aliphatic heterocycles. The lowest BCUT2D eigenvalue weighted by Gasteiger charge is -2.38. The third kappa shape index (κ3) is 3.47. The number of halogens is 2. The van der Waals surface area contributed by atoms with Gasteiger partial charge in [0.05, 0.1) is 5.02 Å². The molecule has 100 valence electrons. The van der Waals surface area contributed by atoms with Crippen molar-refractivity contribution in [1.82, 2.24) is 4.90 Å². The van der Waals surface area contributed by atoms with Gasteiger partial charge in [-0.2, -0.15) is 0 Å². The third-order valence-corrected chi connectivity index (χ3v) is 4.96. The molecule has 2 rings (SSSR count). The van der Waals surface area contributed by atoms with Crippen molar-refractivity contribution in [1.29, 1.82) is 0 Å². The molecule has 1 fully saturated rings. The van der Waals surface area contributed by atoms with Crippen molar-refractivity contribution < 1.29 is 0 Å². The maximum absolute atomic E-state index is 6.02. The van der Waals surface area contributed by atoms with Gasteiger partial charge >= 0.3 is 0 Å². The summed E-state index contributed by atoms with van der Waals surface area (Å²) in [7, 11) is 0. The molecule has 0 amide bonds. The number of benzene rings is 1. The average molecular weight is 332 g/mol. The Labute approximate surface area is 123 Å². The second-order valence-electron chi connectivity index (χ2n) is 5.24. The molecule has 2 atom stereocenters. The van der Waals surface area contributed by atoms with E-state index in [-0.39, 0.29) is 0 Å². The summed E-state index contributed by atoms with van der Waals surface area (Å²) in [6.07, 6.45) is 2.48. The van der Waals surface area contributed by atoms with Gasteiger partial charge in [-0.15, -0.1) is 0 Å². The van der Waals surface area contributed by atoms with Crippen molar-refractivity contribution in [2.75, 3.05) is 13.1 Å². The summed E-state index contributed by atoms with van der Waals surface area (Å²) in [6.45, 7) is 5.17. The van der Waals surface area contributed by atoms with Gasteiger partial charge in [0.15, 0.2) is 0 Å². The summed E-state index contributed by atoms with van der Waals surface area (Å²) in [4.78, 5) is 2.50. The van der Waals surface area contributed by atoms with Crippen LogP contribution in [0, 0.1) is 5.92 Å². The van der Waals surface area contributed by atoms with Gasteiger partial charge in [0.2, 0.25) is 0 Å². The molecule has 1 aromatic carbocycles. The summed E-state index contributed by atoms with van der Waals surface area (Å²) in [5, 5.41) is 0.765. The highest BCUT2D eigenvalue weighted by molar-refractivity contribution is 9.10. The van der Waals surface area contributed by atoms with Crippen LogP contribution in [0.25, 0.3) is 0 Å². The predicted molar refractivity (Wildman–Crippen MR) is 80.8 cm³/mol. The van der Waals surface area contributed by atoms with Gasteiger partial charge in [-0.25, -0.2) is 0 Å². The van der Waals surface area contributed by atoms with E-state index in [1.807, 2.05) is 6.07 Å². The van der Waals surface area contributed by atoms with Gasteiger partial charge in [-0.3, -0.25) is 4.90 Å². The molecule has 2 unspecified atom stereocenters. The Morgan fingerprint density at radius 2 is 2.28 bits per heavy atom. The van der Waals surface area contributed by atoms with Gasteiger partial charge in [0, 0.05) is 23.6 Å². The fraction of sp³-hybridized carbons (Fsp3) is 0.571. The average Bonchev–Trinajstić information content (AvgIpc) is 2.36. The summed E-state index contributed by atoms with van der Waals surface area (Å²) in [6, 6.07) is 6.67. The van der Waals surface area contributed by atoms with E-state index in [0.29, 0.717) is 6.04 Å². The van der Waals surface area contributed by atoms with Crippen LogP contribution in [0.1, 0.15) is 25.3 Å². The molecule has 1 aromatic rings. The molecule has 0 aliphatic carbocycles. The van der Waals surface area contributed by atoms with E-state index in [2.05, 4.69) is 39.9 Å². The van der Waals surface area contributed by atoms with Crippen molar-refractivity contribution in [2.45, 2.75) is 32.4 Å². The fourth-order valence-corrected chi connectivity index (χ4v) is 3.17. The van der Waals surface area contributed by atoms with Crippen LogP contribution >= 0.6 is 27.5 Å². The molecule has 1 heterocycles. The first kappa shape index (κ1) is 14.3. The number of hydrogen-bond acceptors (Lipinski definition) is 2. The quantitative estimate of drug-likeness (QED) is 0.916. The van der Waals surface area contributed by atoms with Crippen LogP contribution in [0.2, 0.25) is 5.02 Å². The molecule has 0 spiro atoms. The van der Waals surface area contributed by atoms with E-state index in [1.54, 1.807) is 0 Å². The first-order valence-corrected chi connectivity index (χ1v) is 7.65. The topological polar surface area (TPSA) is 29.3 Å². The van der Waals surface area contributed by atoms with Crippen molar-refractivity contribution in [3.63, 3.8) is 0 Å². The molecule has 0 radical (unpaired) electrons. The molecule has 4 heteroatoms. The molecule has 0 saturated carbocycles. The van der Waals surface area contributed by atoms with Crippen LogP contribution in [0.3, 0.4) is 0 Å². The highest BCUT2D eigenvalue weighted by Gasteiger charge is 2.25. The summed E-state index contributed by atoms with van der Waals surface area (Å²) in [5.74, 6) is 0.798. The van der Waals surface area contributed by atoms with E-state index in [0.717, 1.165) is 35.0 Å². The molecule has 1 saturated heterocycles. The maximum atomic E-state index is 6.02. The molecule has 2 nitrogen and oxygen atoms in total. The lowest BCUT2D eigenvalue weighted by atomic mass is 9.92. The second kappa shape index (κ2) is 6.38. The summed E-state index contributed by atoms with van der Waals surface area (Å²) in [5.41, 5.74) is 7.18. The highest BCUT2D eigenvalue weighted by atomic mass is 79.9. The van der Waals surface area contributed by atoms with Crippen LogP contribution in [-0.4, -0.2) is 24.0 Å². The van der Waals surface area contributed by atoms with E-state index >= 15 is 0 Å². The zero-order valence-electron chi connectivity index (χ0n) is 10.7. The first-order chi connectivity index (χ1) is 8.60. The molecular formula is C14H20BrClN2. The van der Waals surface area contributed by atoms with Crippen LogP contribution in [0.15, 0.2) is 22.7 Å². The molecule has 2 N–H and O–H groups in total. The van der Waals surface area contributed by atoms with Crippen LogP contribution in [-0.2, 0) is 6.54 Å². The number of rotatable bonds is 3. The Balaban J connectivity index is 2.05. The SMILES string of the molecule is CC1CCN(Cc2ccc(Cl)c(Br)c2)C(CN)C1. The van der Waals surface area contributed by atoms with E-state index in [1.165, 1.54) is 18.4 Å². The molecule has 0 aromatic heterocycles. The largest absolute Gasteiger partial charge is 0.329 e. The Bertz CT molecular complexity index is 411. The van der Waals surface area contributed by atoms with E-state index in [9.17, 15) is 0 Å². The van der Waals surface area contributed by atoms with Gasteiger partial charge in [-0.1, -0.05) is 24.6 Å². The molecular weight excluding hydrogens is 312 g/mol. The Morgan fingerprint density at radius 3 is 2.94 bits per heavy atom. The summed E-state index contributed by atoms with van der Waals surface area (Å²) < 4.78 is 0.969. The van der Waals surface area contributed by atoms with Gasteiger partial charge in [0.1, 0.15) is 0 Å². The monoisotopic (exact) mass is 330 g/mol. The molecule has 1 aliphatic rings. The van der Waals surface area contributed by atoms with Gasteiger partial charge < -0.3 is 5.73 Å². The zero-order chi connectivity index (χ0) is 13.1. The number of likely N-dealkylation sites (tertiary alicyclic amines) is 1. The number of nitrogens with two attached hydrogens (primary N) is 1. The van der Waals surface area contributed by atoms with Crippen LogP contribution < -0.4 is 5.73 Å². The van der Waals surface area contributed by atoms with Crippen molar-refractivity contribution in [3.8, 4) is 0 Å². The maximum Gasteiger partial charge on any atom is 0.0548 e. The lowest BCUT2D eigenvalue weighted by molar-refractivity contribution is 0.115. The number of nitrogens with zero attached hydrogens (tertiary/aromatic N) is 1. The standard InChI is InChI=1S/C14H20BrClN2/c1-10-4-5-18(12(6-10)8-17)9-11-2-3-14(16)13(15)7-11/h2-3,7,10,12H,4-6,8-9,17H2,1H3. The van der Waals surface area contributed by atoms with Gasteiger partial charge in [0.25, 0.3) is 0 Å². The number of piperidine rings is 1. The Morgan fingerprint density at radius 1 is 1.50 bits per heavy atom. The van der Waals surface area contributed by atoms with Crippen molar-refractivity contribution in [3.05, 3.63) is 33.3 Å². The van der Waals surface area contributed by atoms with Crippen LogP contribution in [0.5, 0.6) is 0 Å². The molecule has 0 bridgehead atoms. The minimum atomic E-state index is 0.517. The fourth-order valence-electron chi connectivity index (χ4n) is 2.63. The first-order valence-electron chi connectivity index (χ1n) is 6.48. The highest BCUT2D eigenvalue weighted by Crippen LogP contribution is 2.27. The Kier molecular flexibility index (Phi) is 5.07. The minimum Gasteiger partial charge on any atom is -0.329 e. The third-order valence-electron chi connectivity index (χ3n) is 3.74. The normalized spacial score (nSPS) is 25.3. The molecule has 18 heavy (non-hydrogen) atoms. The summed E-state index contributed by atoms with van der Waals surface area (Å²) >= 11 is 9.50. The van der Waals surface area contributed by atoms with E-state index < -0.39 is 0 Å². The van der Waals surface area contributed by atoms with Crippen LogP contribution in [0.4, 0.5) is 0 Å². The lowest BCUT2D eigenvalue weighted by Crippen LogP contribution is -2.45. The minimum absolute atomic E-state index is 0.517. The Hall–Kier alpha value is -0.0900. The predicted octanol–water partition coefficient (Wildman–Crippen LogP) is 3.66. The van der Waals surface area contributed by atoms with Crippen molar-refractivity contribution >= 4 is 27.5 Å². The van der Waals surface area contributed by atoms with Crippen molar-refractivity contribution in [2.24, 2.45) is 11.7 Å². The van der Waals surface area contributed by atoms with Gasteiger partial charge in [-0.05, 0) is 58.9 Å². The smallest absolute Gasteiger partial charge is 0.0548 e.